The number of rotatable bonds is 9. The molecule has 0 bridgehead atoms. The lowest BCUT2D eigenvalue weighted by molar-refractivity contribution is -0.106. The molecule has 0 aliphatic carbocycles. The fourth-order valence-corrected chi connectivity index (χ4v) is 3.24. The van der Waals surface area contributed by atoms with Crippen molar-refractivity contribution in [3.63, 3.8) is 0 Å². The third kappa shape index (κ3) is 4.17. The fourth-order valence-electron chi connectivity index (χ4n) is 3.24. The van der Waals surface area contributed by atoms with E-state index in [4.69, 9.17) is 17.2 Å². The first kappa shape index (κ1) is 21.7. The number of nitrogens with two attached hydrogens (primary N) is 3. The normalized spacial score (nSPS) is 10.8. The summed E-state index contributed by atoms with van der Waals surface area (Å²) in [5.74, 6) is 1.80. The van der Waals surface area contributed by atoms with Crippen molar-refractivity contribution in [1.82, 2.24) is 24.5 Å². The number of carbonyl (C=O) groups excluding carboxylic acids is 1. The summed E-state index contributed by atoms with van der Waals surface area (Å²) in [5, 5.41) is 18.3. The van der Waals surface area contributed by atoms with Crippen LogP contribution in [0.1, 0.15) is 25.2 Å². The molecule has 3 heterocycles. The summed E-state index contributed by atoms with van der Waals surface area (Å²) in [7, 11) is 0. The zero-order valence-corrected chi connectivity index (χ0v) is 18.2. The van der Waals surface area contributed by atoms with Crippen LogP contribution in [0.4, 0.5) is 46.0 Å². The van der Waals surface area contributed by atoms with Crippen LogP contribution in [0.3, 0.4) is 0 Å². The van der Waals surface area contributed by atoms with Crippen LogP contribution in [0.2, 0.25) is 0 Å². The number of nitrogens with zero attached hydrogens (tertiary/aromatic N) is 5. The minimum atomic E-state index is 0.0771. The fraction of sp³-hybridized carbons (Fsp3) is 0.368. The highest BCUT2D eigenvalue weighted by Crippen LogP contribution is 2.36. The van der Waals surface area contributed by atoms with E-state index >= 15 is 0 Å². The largest absolute Gasteiger partial charge is 0.396 e. The maximum absolute atomic E-state index is 10.8. The molecule has 0 spiro atoms. The van der Waals surface area contributed by atoms with Gasteiger partial charge in [0.05, 0.1) is 29.3 Å². The van der Waals surface area contributed by atoms with E-state index in [9.17, 15) is 4.79 Å². The SMILES string of the molecule is CCn1nc(C)c(Nc2cc(N)c(NCC=O)nc2Nc2c(C)nn(CC)c2N)c1N. The maximum Gasteiger partial charge on any atom is 0.156 e. The van der Waals surface area contributed by atoms with Crippen LogP contribution >= 0.6 is 0 Å². The quantitative estimate of drug-likeness (QED) is 0.276. The molecule has 9 N–H and O–H groups in total. The van der Waals surface area contributed by atoms with Crippen molar-refractivity contribution < 1.29 is 4.79 Å². The molecule has 3 aromatic rings. The highest BCUT2D eigenvalue weighted by Gasteiger charge is 2.19. The molecule has 166 valence electrons. The number of aromatic nitrogens is 5. The lowest BCUT2D eigenvalue weighted by atomic mass is 10.2. The van der Waals surface area contributed by atoms with Crippen molar-refractivity contribution in [2.75, 3.05) is 39.7 Å². The Morgan fingerprint density at radius 3 is 1.97 bits per heavy atom. The molecule has 3 aromatic heterocycles. The first-order valence-corrected chi connectivity index (χ1v) is 9.98. The molecule has 0 radical (unpaired) electrons. The average molecular weight is 428 g/mol. The number of hydrogen-bond donors (Lipinski definition) is 6. The van der Waals surface area contributed by atoms with Gasteiger partial charge in [0.1, 0.15) is 29.3 Å². The van der Waals surface area contributed by atoms with Crippen molar-refractivity contribution in [3.05, 3.63) is 17.5 Å². The summed E-state index contributed by atoms with van der Waals surface area (Å²) < 4.78 is 3.40. The molecule has 0 aliphatic heterocycles. The van der Waals surface area contributed by atoms with Crippen LogP contribution in [0.25, 0.3) is 0 Å². The van der Waals surface area contributed by atoms with Crippen LogP contribution in [0.5, 0.6) is 0 Å². The van der Waals surface area contributed by atoms with E-state index in [1.165, 1.54) is 0 Å². The minimum Gasteiger partial charge on any atom is -0.396 e. The van der Waals surface area contributed by atoms with Gasteiger partial charge in [-0.2, -0.15) is 10.2 Å². The molecule has 12 heteroatoms. The number of nitrogen functional groups attached to an aromatic ring is 3. The molecule has 31 heavy (non-hydrogen) atoms. The summed E-state index contributed by atoms with van der Waals surface area (Å²) >= 11 is 0. The Hall–Kier alpha value is -3.96. The second kappa shape index (κ2) is 8.81. The van der Waals surface area contributed by atoms with Crippen molar-refractivity contribution in [2.45, 2.75) is 40.8 Å². The Morgan fingerprint density at radius 2 is 1.48 bits per heavy atom. The van der Waals surface area contributed by atoms with E-state index in [1.54, 1.807) is 15.4 Å². The Bertz CT molecular complexity index is 1100. The smallest absolute Gasteiger partial charge is 0.156 e. The second-order valence-corrected chi connectivity index (χ2v) is 6.94. The molecule has 0 aromatic carbocycles. The summed E-state index contributed by atoms with van der Waals surface area (Å²) in [6.45, 7) is 8.99. The van der Waals surface area contributed by atoms with E-state index in [0.29, 0.717) is 59.1 Å². The van der Waals surface area contributed by atoms with Crippen LogP contribution in [0.15, 0.2) is 6.07 Å². The molecule has 12 nitrogen and oxygen atoms in total. The molecular formula is C19H29N11O. The lowest BCUT2D eigenvalue weighted by Crippen LogP contribution is -2.11. The molecular weight excluding hydrogens is 398 g/mol. The van der Waals surface area contributed by atoms with Gasteiger partial charge in [-0.15, -0.1) is 0 Å². The number of carbonyl (C=O) groups is 1. The number of aryl methyl sites for hydroxylation is 4. The Balaban J connectivity index is 2.08. The van der Waals surface area contributed by atoms with E-state index in [0.717, 1.165) is 17.7 Å². The predicted molar refractivity (Wildman–Crippen MR) is 124 cm³/mol. The van der Waals surface area contributed by atoms with Gasteiger partial charge in [-0.1, -0.05) is 0 Å². The molecule has 0 aliphatic rings. The lowest BCUT2D eigenvalue weighted by Gasteiger charge is -2.17. The molecule has 3 rings (SSSR count). The monoisotopic (exact) mass is 427 g/mol. The molecule has 0 saturated carbocycles. The van der Waals surface area contributed by atoms with Crippen molar-refractivity contribution in [1.29, 1.82) is 0 Å². The topological polar surface area (TPSA) is 180 Å². The summed E-state index contributed by atoms with van der Waals surface area (Å²) in [5.41, 5.74) is 22.4. The molecule has 0 amide bonds. The number of aldehydes is 1. The van der Waals surface area contributed by atoms with Gasteiger partial charge in [0.2, 0.25) is 0 Å². The first-order chi connectivity index (χ1) is 14.8. The van der Waals surface area contributed by atoms with Gasteiger partial charge >= 0.3 is 0 Å². The van der Waals surface area contributed by atoms with Crippen LogP contribution in [-0.2, 0) is 17.9 Å². The van der Waals surface area contributed by atoms with E-state index in [2.05, 4.69) is 31.1 Å². The summed E-state index contributed by atoms with van der Waals surface area (Å²) in [6.07, 6.45) is 0.733. The molecule has 0 saturated heterocycles. The predicted octanol–water partition coefficient (Wildman–Crippen LogP) is 1.98. The van der Waals surface area contributed by atoms with E-state index < -0.39 is 0 Å². The third-order valence-corrected chi connectivity index (χ3v) is 4.84. The first-order valence-electron chi connectivity index (χ1n) is 9.98. The number of hydrogen-bond acceptors (Lipinski definition) is 10. The molecule has 0 unspecified atom stereocenters. The molecule has 0 atom stereocenters. The van der Waals surface area contributed by atoms with Gasteiger partial charge in [-0.3, -0.25) is 0 Å². The second-order valence-electron chi connectivity index (χ2n) is 6.94. The van der Waals surface area contributed by atoms with Gasteiger partial charge < -0.3 is 37.9 Å². The summed E-state index contributed by atoms with van der Waals surface area (Å²) in [4.78, 5) is 15.4. The van der Waals surface area contributed by atoms with Crippen LogP contribution < -0.4 is 33.2 Å². The van der Waals surface area contributed by atoms with Gasteiger partial charge in [-0.05, 0) is 33.8 Å². The number of nitrogens with one attached hydrogen (secondary N) is 3. The van der Waals surface area contributed by atoms with Crippen molar-refractivity contribution in [3.8, 4) is 0 Å². The highest BCUT2D eigenvalue weighted by atomic mass is 16.1. The van der Waals surface area contributed by atoms with E-state index in [1.807, 2.05) is 27.7 Å². The zero-order chi connectivity index (χ0) is 22.7. The maximum atomic E-state index is 10.8. The van der Waals surface area contributed by atoms with Crippen LogP contribution in [-0.4, -0.2) is 37.4 Å². The standard InChI is InChI=1S/C19H29N11O/c1-5-29-16(21)14(10(3)27-29)24-13-9-12(20)18(23-7-8-31)26-19(13)25-15-11(4)28-30(6-2)17(15)22/h8-9,24H,5-7,20-22H2,1-4H3,(H2,23,25,26). The molecule has 0 fully saturated rings. The van der Waals surface area contributed by atoms with Gasteiger partial charge in [0.15, 0.2) is 11.6 Å². The summed E-state index contributed by atoms with van der Waals surface area (Å²) in [6, 6.07) is 1.71. The Morgan fingerprint density at radius 1 is 0.935 bits per heavy atom. The van der Waals surface area contributed by atoms with Crippen molar-refractivity contribution >= 4 is 52.3 Å². The van der Waals surface area contributed by atoms with Gasteiger partial charge in [0, 0.05) is 13.1 Å². The average Bonchev–Trinajstić information content (AvgIpc) is 3.18. The minimum absolute atomic E-state index is 0.0771. The Labute approximate surface area is 180 Å². The van der Waals surface area contributed by atoms with Crippen molar-refractivity contribution in [2.24, 2.45) is 0 Å². The number of anilines is 8. The highest BCUT2D eigenvalue weighted by molar-refractivity contribution is 5.86. The third-order valence-electron chi connectivity index (χ3n) is 4.84. The van der Waals surface area contributed by atoms with Gasteiger partial charge in [-0.25, -0.2) is 14.3 Å². The van der Waals surface area contributed by atoms with E-state index in [-0.39, 0.29) is 6.54 Å². The number of pyridine rings is 1. The Kier molecular flexibility index (Phi) is 6.18. The van der Waals surface area contributed by atoms with Crippen LogP contribution in [0, 0.1) is 13.8 Å². The van der Waals surface area contributed by atoms with Gasteiger partial charge in [0.25, 0.3) is 0 Å². The zero-order valence-electron chi connectivity index (χ0n) is 18.2.